The molecule has 1 aliphatic heterocycles. The summed E-state index contributed by atoms with van der Waals surface area (Å²) in [5.74, 6) is 2.15. The molecule has 0 saturated heterocycles. The van der Waals surface area contributed by atoms with Crippen molar-refractivity contribution in [1.82, 2.24) is 14.8 Å². The highest BCUT2D eigenvalue weighted by molar-refractivity contribution is 7.20. The standard InChI is InChI=1S/C25H26N4O3S/c1-4-12-32-20-9-7-6-8-17(20)18-14-22(30)27-24-23(18)15(3)28-29(24)25-26-19-11-10-16(31-5-2)13-21(19)33-25/h6-11,13,18H,4-5,12,14H2,1-3H3,(H,27,30). The number of nitrogens with zero attached hydrogens (tertiary/aromatic N) is 3. The molecule has 0 spiro atoms. The summed E-state index contributed by atoms with van der Waals surface area (Å²) < 4.78 is 14.4. The van der Waals surface area contributed by atoms with E-state index in [9.17, 15) is 4.79 Å². The number of para-hydroxylation sites is 1. The number of carbonyl (C=O) groups excluding carboxylic acids is 1. The Kier molecular flexibility index (Phi) is 5.76. The second kappa shape index (κ2) is 8.86. The van der Waals surface area contributed by atoms with Gasteiger partial charge < -0.3 is 14.8 Å². The van der Waals surface area contributed by atoms with Crippen molar-refractivity contribution >= 4 is 33.3 Å². The third kappa shape index (κ3) is 3.95. The molecule has 0 radical (unpaired) electrons. The molecule has 2 aromatic heterocycles. The van der Waals surface area contributed by atoms with Crippen LogP contribution < -0.4 is 14.8 Å². The van der Waals surface area contributed by atoms with Gasteiger partial charge in [0.05, 0.1) is 29.1 Å². The van der Waals surface area contributed by atoms with Crippen molar-refractivity contribution in [2.45, 2.75) is 39.5 Å². The van der Waals surface area contributed by atoms with Crippen LogP contribution in [0, 0.1) is 6.92 Å². The zero-order chi connectivity index (χ0) is 22.9. The van der Waals surface area contributed by atoms with Crippen molar-refractivity contribution in [3.05, 3.63) is 59.3 Å². The zero-order valence-corrected chi connectivity index (χ0v) is 19.7. The van der Waals surface area contributed by atoms with Gasteiger partial charge in [-0.2, -0.15) is 9.78 Å². The minimum Gasteiger partial charge on any atom is -0.494 e. The Bertz CT molecular complexity index is 1330. The molecule has 1 N–H and O–H groups in total. The smallest absolute Gasteiger partial charge is 0.226 e. The van der Waals surface area contributed by atoms with Gasteiger partial charge in [0.15, 0.2) is 0 Å². The summed E-state index contributed by atoms with van der Waals surface area (Å²) in [6.45, 7) is 7.27. The van der Waals surface area contributed by atoms with Gasteiger partial charge in [-0.3, -0.25) is 4.79 Å². The van der Waals surface area contributed by atoms with Gasteiger partial charge in [-0.15, -0.1) is 0 Å². The lowest BCUT2D eigenvalue weighted by Crippen LogP contribution is -2.25. The molecular weight excluding hydrogens is 436 g/mol. The molecule has 5 rings (SSSR count). The van der Waals surface area contributed by atoms with Crippen LogP contribution >= 0.6 is 11.3 Å². The first kappa shape index (κ1) is 21.5. The Hall–Kier alpha value is -3.39. The maximum Gasteiger partial charge on any atom is 0.226 e. The molecule has 4 aromatic rings. The van der Waals surface area contributed by atoms with Crippen molar-refractivity contribution in [1.29, 1.82) is 0 Å². The molecule has 0 bridgehead atoms. The lowest BCUT2D eigenvalue weighted by molar-refractivity contribution is -0.116. The number of ether oxygens (including phenoxy) is 2. The molecular formula is C25H26N4O3S. The van der Waals surface area contributed by atoms with Gasteiger partial charge in [-0.05, 0) is 44.5 Å². The quantitative estimate of drug-likeness (QED) is 0.395. The first-order valence-electron chi connectivity index (χ1n) is 11.2. The SMILES string of the molecule is CCCOc1ccccc1C1CC(=O)Nc2c1c(C)nn2-c1nc2ccc(OCC)cc2s1. The number of rotatable bonds is 7. The molecule has 0 saturated carbocycles. The Morgan fingerprint density at radius 2 is 2.03 bits per heavy atom. The molecule has 0 fully saturated rings. The molecule has 1 amide bonds. The summed E-state index contributed by atoms with van der Waals surface area (Å²) >= 11 is 1.52. The van der Waals surface area contributed by atoms with Crippen LogP contribution in [0.2, 0.25) is 0 Å². The molecule has 8 heteroatoms. The van der Waals surface area contributed by atoms with Crippen molar-refractivity contribution < 1.29 is 14.3 Å². The van der Waals surface area contributed by atoms with Gasteiger partial charge >= 0.3 is 0 Å². The number of anilines is 1. The first-order chi connectivity index (χ1) is 16.1. The van der Waals surface area contributed by atoms with E-state index >= 15 is 0 Å². The predicted octanol–water partition coefficient (Wildman–Crippen LogP) is 5.45. The molecule has 1 unspecified atom stereocenters. The minimum atomic E-state index is -0.130. The van der Waals surface area contributed by atoms with E-state index in [1.807, 2.05) is 56.3 Å². The van der Waals surface area contributed by atoms with Crippen LogP contribution in [0.4, 0.5) is 5.82 Å². The van der Waals surface area contributed by atoms with E-state index in [0.29, 0.717) is 30.6 Å². The summed E-state index contributed by atoms with van der Waals surface area (Å²) in [7, 11) is 0. The van der Waals surface area contributed by atoms with Gasteiger partial charge in [0.2, 0.25) is 11.0 Å². The fraction of sp³-hybridized carbons (Fsp3) is 0.320. The van der Waals surface area contributed by atoms with Crippen molar-refractivity contribution in [3.8, 4) is 16.6 Å². The van der Waals surface area contributed by atoms with Gasteiger partial charge in [0, 0.05) is 23.5 Å². The first-order valence-corrected chi connectivity index (χ1v) is 12.1. The largest absolute Gasteiger partial charge is 0.494 e. The van der Waals surface area contributed by atoms with Crippen LogP contribution in [0.3, 0.4) is 0 Å². The fourth-order valence-electron chi connectivity index (χ4n) is 4.30. The van der Waals surface area contributed by atoms with Crippen LogP contribution in [0.5, 0.6) is 11.5 Å². The second-order valence-corrected chi connectivity index (χ2v) is 9.02. The molecule has 3 heterocycles. The van der Waals surface area contributed by atoms with Crippen LogP contribution in [0.1, 0.15) is 49.4 Å². The van der Waals surface area contributed by atoms with Crippen LogP contribution in [-0.4, -0.2) is 33.9 Å². The summed E-state index contributed by atoms with van der Waals surface area (Å²) in [5, 5.41) is 8.55. The summed E-state index contributed by atoms with van der Waals surface area (Å²) in [6, 6.07) is 13.8. The molecule has 170 valence electrons. The highest BCUT2D eigenvalue weighted by Gasteiger charge is 2.34. The zero-order valence-electron chi connectivity index (χ0n) is 18.9. The number of aryl methyl sites for hydroxylation is 1. The van der Waals surface area contributed by atoms with Crippen LogP contribution in [0.25, 0.3) is 15.3 Å². The maximum atomic E-state index is 12.8. The number of amides is 1. The predicted molar refractivity (Wildman–Crippen MR) is 130 cm³/mol. The molecule has 7 nitrogen and oxygen atoms in total. The Balaban J connectivity index is 1.60. The second-order valence-electron chi connectivity index (χ2n) is 8.01. The number of hydrogen-bond acceptors (Lipinski definition) is 6. The normalized spacial score (nSPS) is 15.4. The molecule has 2 aromatic carbocycles. The third-order valence-electron chi connectivity index (χ3n) is 5.70. The van der Waals surface area contributed by atoms with E-state index in [1.54, 1.807) is 4.68 Å². The summed E-state index contributed by atoms with van der Waals surface area (Å²) in [5.41, 5.74) is 3.76. The Morgan fingerprint density at radius 1 is 1.18 bits per heavy atom. The lowest BCUT2D eigenvalue weighted by Gasteiger charge is -2.25. The summed E-state index contributed by atoms with van der Waals surface area (Å²) in [6.07, 6.45) is 1.27. The van der Waals surface area contributed by atoms with Gasteiger partial charge in [-0.1, -0.05) is 36.5 Å². The third-order valence-corrected chi connectivity index (χ3v) is 6.69. The number of fused-ring (bicyclic) bond motifs is 2. The van der Waals surface area contributed by atoms with Gasteiger partial charge in [0.1, 0.15) is 17.3 Å². The van der Waals surface area contributed by atoms with Gasteiger partial charge in [-0.25, -0.2) is 4.98 Å². The number of carbonyl (C=O) groups is 1. The van der Waals surface area contributed by atoms with E-state index in [1.165, 1.54) is 11.3 Å². The van der Waals surface area contributed by atoms with E-state index in [0.717, 1.165) is 45.0 Å². The topological polar surface area (TPSA) is 78.3 Å². The van der Waals surface area contributed by atoms with E-state index < -0.39 is 0 Å². The Labute approximate surface area is 196 Å². The minimum absolute atomic E-state index is 0.0429. The number of aromatic nitrogens is 3. The number of nitrogens with one attached hydrogen (secondary N) is 1. The number of thiazole rings is 1. The lowest BCUT2D eigenvalue weighted by atomic mass is 9.85. The van der Waals surface area contributed by atoms with Crippen molar-refractivity contribution in [2.24, 2.45) is 0 Å². The van der Waals surface area contributed by atoms with Crippen molar-refractivity contribution in [3.63, 3.8) is 0 Å². The number of hydrogen-bond donors (Lipinski definition) is 1. The van der Waals surface area contributed by atoms with E-state index in [-0.39, 0.29) is 11.8 Å². The molecule has 0 aliphatic carbocycles. The fourth-order valence-corrected chi connectivity index (χ4v) is 5.26. The molecule has 1 atom stereocenters. The Morgan fingerprint density at radius 3 is 2.85 bits per heavy atom. The molecule has 33 heavy (non-hydrogen) atoms. The average Bonchev–Trinajstić information content (AvgIpc) is 3.38. The number of benzene rings is 2. The van der Waals surface area contributed by atoms with Crippen LogP contribution in [0.15, 0.2) is 42.5 Å². The van der Waals surface area contributed by atoms with E-state index in [4.69, 9.17) is 19.6 Å². The van der Waals surface area contributed by atoms with E-state index in [2.05, 4.69) is 12.2 Å². The highest BCUT2D eigenvalue weighted by Crippen LogP contribution is 2.43. The molecule has 1 aliphatic rings. The monoisotopic (exact) mass is 462 g/mol. The summed E-state index contributed by atoms with van der Waals surface area (Å²) in [4.78, 5) is 17.6. The highest BCUT2D eigenvalue weighted by atomic mass is 32.1. The van der Waals surface area contributed by atoms with Gasteiger partial charge in [0.25, 0.3) is 0 Å². The van der Waals surface area contributed by atoms with Crippen LogP contribution in [-0.2, 0) is 4.79 Å². The average molecular weight is 463 g/mol. The van der Waals surface area contributed by atoms with Crippen molar-refractivity contribution in [2.75, 3.05) is 18.5 Å². The maximum absolute atomic E-state index is 12.8.